The summed E-state index contributed by atoms with van der Waals surface area (Å²) < 4.78 is 5.59. The molecule has 0 saturated heterocycles. The van der Waals surface area contributed by atoms with Gasteiger partial charge in [-0.3, -0.25) is 20.4 Å². The number of benzene rings is 3. The van der Waals surface area contributed by atoms with Crippen molar-refractivity contribution in [1.29, 1.82) is 0 Å². The van der Waals surface area contributed by atoms with Crippen molar-refractivity contribution in [1.82, 2.24) is 10.9 Å². The summed E-state index contributed by atoms with van der Waals surface area (Å²) >= 11 is 0. The van der Waals surface area contributed by atoms with Gasteiger partial charge in [-0.1, -0.05) is 56.3 Å². The number of amides is 2. The molecule has 2 N–H and O–H groups in total. The van der Waals surface area contributed by atoms with Crippen molar-refractivity contribution in [3.05, 3.63) is 83.9 Å². The molecule has 5 nitrogen and oxygen atoms in total. The molecule has 2 amide bonds. The molecule has 3 aromatic carbocycles. The lowest BCUT2D eigenvalue weighted by molar-refractivity contribution is -0.117. The highest BCUT2D eigenvalue weighted by Crippen LogP contribution is 2.19. The quantitative estimate of drug-likeness (QED) is 0.487. The summed E-state index contributed by atoms with van der Waals surface area (Å²) in [5.74, 6) is 0.322. The van der Waals surface area contributed by atoms with E-state index in [0.717, 1.165) is 16.3 Å². The highest BCUT2D eigenvalue weighted by atomic mass is 16.5. The molecule has 3 rings (SSSR count). The van der Waals surface area contributed by atoms with E-state index in [1.165, 1.54) is 6.08 Å². The number of hydrazine groups is 1. The Morgan fingerprint density at radius 3 is 2.41 bits per heavy atom. The monoisotopic (exact) mass is 388 g/mol. The Kier molecular flexibility index (Phi) is 6.63. The zero-order valence-electron chi connectivity index (χ0n) is 16.5. The molecule has 0 unspecified atom stereocenters. The Bertz CT molecular complexity index is 1020. The minimum Gasteiger partial charge on any atom is -0.493 e. The van der Waals surface area contributed by atoms with E-state index in [4.69, 9.17) is 4.74 Å². The first kappa shape index (κ1) is 20.1. The van der Waals surface area contributed by atoms with E-state index in [1.807, 2.05) is 42.5 Å². The second-order valence-corrected chi connectivity index (χ2v) is 7.07. The van der Waals surface area contributed by atoms with E-state index in [0.29, 0.717) is 23.8 Å². The van der Waals surface area contributed by atoms with E-state index in [2.05, 4.69) is 24.7 Å². The highest BCUT2D eigenvalue weighted by molar-refractivity contribution is 5.99. The summed E-state index contributed by atoms with van der Waals surface area (Å²) in [4.78, 5) is 24.2. The third-order valence-corrected chi connectivity index (χ3v) is 4.24. The fourth-order valence-corrected chi connectivity index (χ4v) is 2.76. The molecular weight excluding hydrogens is 364 g/mol. The number of ether oxygens (including phenoxy) is 1. The first-order valence-electron chi connectivity index (χ1n) is 9.52. The zero-order chi connectivity index (χ0) is 20.6. The van der Waals surface area contributed by atoms with Crippen LogP contribution in [0.15, 0.2) is 72.8 Å². The Morgan fingerprint density at radius 2 is 1.66 bits per heavy atom. The predicted octanol–water partition coefficient (Wildman–Crippen LogP) is 4.35. The van der Waals surface area contributed by atoms with Crippen molar-refractivity contribution in [3.8, 4) is 5.75 Å². The van der Waals surface area contributed by atoms with E-state index >= 15 is 0 Å². The number of hydrogen-bond acceptors (Lipinski definition) is 3. The van der Waals surface area contributed by atoms with Gasteiger partial charge in [-0.15, -0.1) is 0 Å². The van der Waals surface area contributed by atoms with E-state index in [1.54, 1.807) is 30.3 Å². The number of hydrogen-bond donors (Lipinski definition) is 2. The normalized spacial score (nSPS) is 11.0. The van der Waals surface area contributed by atoms with Gasteiger partial charge >= 0.3 is 0 Å². The van der Waals surface area contributed by atoms with Crippen molar-refractivity contribution in [2.24, 2.45) is 5.92 Å². The smallest absolute Gasteiger partial charge is 0.269 e. The number of nitrogens with one attached hydrogen (secondary N) is 2. The average Bonchev–Trinajstić information content (AvgIpc) is 2.74. The van der Waals surface area contributed by atoms with Gasteiger partial charge in [0.1, 0.15) is 5.75 Å². The SMILES string of the molecule is CC(C)COc1ccc(C(=O)NNC(=O)/C=C/c2cccc3ccccc23)cc1. The van der Waals surface area contributed by atoms with Gasteiger partial charge in [0.15, 0.2) is 0 Å². The lowest BCUT2D eigenvalue weighted by Gasteiger charge is -2.09. The second kappa shape index (κ2) is 9.55. The molecule has 5 heteroatoms. The van der Waals surface area contributed by atoms with Crippen LogP contribution in [-0.2, 0) is 4.79 Å². The van der Waals surface area contributed by atoms with Crippen LogP contribution in [0.2, 0.25) is 0 Å². The zero-order valence-corrected chi connectivity index (χ0v) is 16.5. The van der Waals surface area contributed by atoms with Crippen molar-refractivity contribution < 1.29 is 14.3 Å². The van der Waals surface area contributed by atoms with Crippen LogP contribution >= 0.6 is 0 Å². The van der Waals surface area contributed by atoms with Gasteiger partial charge in [-0.2, -0.15) is 0 Å². The Labute approximate surface area is 170 Å². The molecule has 0 atom stereocenters. The standard InChI is InChI=1S/C24H24N2O3/c1-17(2)16-29-21-13-10-20(11-14-21)24(28)26-25-23(27)15-12-19-8-5-7-18-6-3-4-9-22(18)19/h3-15,17H,16H2,1-2H3,(H,25,27)(H,26,28)/b15-12+. The molecule has 0 bridgehead atoms. The Morgan fingerprint density at radius 1 is 0.931 bits per heavy atom. The molecule has 0 radical (unpaired) electrons. The van der Waals surface area contributed by atoms with Crippen LogP contribution in [0.3, 0.4) is 0 Å². The van der Waals surface area contributed by atoms with Crippen LogP contribution in [0.1, 0.15) is 29.8 Å². The first-order chi connectivity index (χ1) is 14.0. The van der Waals surface area contributed by atoms with Gasteiger partial charge in [0.25, 0.3) is 11.8 Å². The fourth-order valence-electron chi connectivity index (χ4n) is 2.76. The van der Waals surface area contributed by atoms with Gasteiger partial charge in [-0.25, -0.2) is 0 Å². The maximum Gasteiger partial charge on any atom is 0.269 e. The molecular formula is C24H24N2O3. The Hall–Kier alpha value is -3.60. The minimum atomic E-state index is -0.414. The maximum absolute atomic E-state index is 12.2. The van der Waals surface area contributed by atoms with Crippen molar-refractivity contribution in [2.45, 2.75) is 13.8 Å². The summed E-state index contributed by atoms with van der Waals surface area (Å²) in [5.41, 5.74) is 6.17. The summed E-state index contributed by atoms with van der Waals surface area (Å²) in [6.07, 6.45) is 3.12. The van der Waals surface area contributed by atoms with Crippen LogP contribution < -0.4 is 15.6 Å². The summed E-state index contributed by atoms with van der Waals surface area (Å²) in [5, 5.41) is 2.16. The van der Waals surface area contributed by atoms with Gasteiger partial charge in [0.2, 0.25) is 0 Å². The molecule has 0 fully saturated rings. The van der Waals surface area contributed by atoms with Crippen LogP contribution in [0.4, 0.5) is 0 Å². The largest absolute Gasteiger partial charge is 0.493 e. The molecule has 0 spiro atoms. The minimum absolute atomic E-state index is 0.396. The lowest BCUT2D eigenvalue weighted by atomic mass is 10.0. The topological polar surface area (TPSA) is 67.4 Å². The van der Waals surface area contributed by atoms with Crippen molar-refractivity contribution >= 4 is 28.7 Å². The maximum atomic E-state index is 12.2. The molecule has 0 aromatic heterocycles. The second-order valence-electron chi connectivity index (χ2n) is 7.07. The summed E-state index contributed by atoms with van der Waals surface area (Å²) in [7, 11) is 0. The van der Waals surface area contributed by atoms with Crippen LogP contribution in [-0.4, -0.2) is 18.4 Å². The van der Waals surface area contributed by atoms with Gasteiger partial charge in [-0.05, 0) is 52.6 Å². The number of fused-ring (bicyclic) bond motifs is 1. The van der Waals surface area contributed by atoms with Gasteiger partial charge < -0.3 is 4.74 Å². The third-order valence-electron chi connectivity index (χ3n) is 4.24. The molecule has 0 saturated carbocycles. The molecule has 29 heavy (non-hydrogen) atoms. The summed E-state index contributed by atoms with van der Waals surface area (Å²) in [6.45, 7) is 4.75. The third kappa shape index (κ3) is 5.69. The van der Waals surface area contributed by atoms with Crippen LogP contribution in [0.5, 0.6) is 5.75 Å². The number of carbonyl (C=O) groups excluding carboxylic acids is 2. The van der Waals surface area contributed by atoms with Gasteiger partial charge in [0, 0.05) is 11.6 Å². The number of carbonyl (C=O) groups is 2. The molecule has 3 aromatic rings. The fraction of sp³-hybridized carbons (Fsp3) is 0.167. The lowest BCUT2D eigenvalue weighted by Crippen LogP contribution is -2.40. The number of rotatable bonds is 6. The first-order valence-corrected chi connectivity index (χ1v) is 9.52. The van der Waals surface area contributed by atoms with Crippen molar-refractivity contribution in [2.75, 3.05) is 6.61 Å². The van der Waals surface area contributed by atoms with Crippen LogP contribution in [0.25, 0.3) is 16.8 Å². The average molecular weight is 388 g/mol. The van der Waals surface area contributed by atoms with E-state index in [9.17, 15) is 9.59 Å². The highest BCUT2D eigenvalue weighted by Gasteiger charge is 2.07. The Balaban J connectivity index is 1.54. The molecule has 148 valence electrons. The van der Waals surface area contributed by atoms with Crippen LogP contribution in [0, 0.1) is 5.92 Å². The molecule has 0 aliphatic rings. The molecule has 0 aliphatic carbocycles. The molecule has 0 heterocycles. The molecule has 0 aliphatic heterocycles. The summed E-state index contributed by atoms with van der Waals surface area (Å²) in [6, 6.07) is 20.6. The van der Waals surface area contributed by atoms with E-state index < -0.39 is 11.8 Å². The van der Waals surface area contributed by atoms with Crippen molar-refractivity contribution in [3.63, 3.8) is 0 Å². The van der Waals surface area contributed by atoms with Gasteiger partial charge in [0.05, 0.1) is 6.61 Å². The predicted molar refractivity (Wildman–Crippen MR) is 115 cm³/mol. The van der Waals surface area contributed by atoms with E-state index in [-0.39, 0.29) is 0 Å².